The fraction of sp³-hybridized carbons (Fsp3) is 0.333. The zero-order valence-electron chi connectivity index (χ0n) is 11.5. The lowest BCUT2D eigenvalue weighted by atomic mass is 9.96. The summed E-state index contributed by atoms with van der Waals surface area (Å²) in [5.74, 6) is 0.799. The molecule has 2 aromatic rings. The molecule has 0 bridgehead atoms. The Bertz CT molecular complexity index is 641. The minimum atomic E-state index is -0.125. The Kier molecular flexibility index (Phi) is 4.06. The SMILES string of the molecule is Nc1nc(CCNC(=O)[C@H]2COc3ccccc3C2)cs1. The monoisotopic (exact) mass is 303 g/mol. The number of carbonyl (C=O) groups is 1. The first-order valence-corrected chi connectivity index (χ1v) is 7.78. The molecule has 0 saturated carbocycles. The molecule has 1 aliphatic heterocycles. The number of benzene rings is 1. The van der Waals surface area contributed by atoms with Crippen molar-refractivity contribution in [2.75, 3.05) is 18.9 Å². The minimum absolute atomic E-state index is 0.0349. The van der Waals surface area contributed by atoms with Crippen molar-refractivity contribution >= 4 is 22.4 Å². The van der Waals surface area contributed by atoms with Crippen LogP contribution in [0.3, 0.4) is 0 Å². The van der Waals surface area contributed by atoms with Crippen LogP contribution in [0, 0.1) is 5.92 Å². The van der Waals surface area contributed by atoms with Crippen LogP contribution >= 0.6 is 11.3 Å². The molecule has 1 aromatic heterocycles. The Balaban J connectivity index is 1.50. The standard InChI is InChI=1S/C15H17N3O2S/c16-15-18-12(9-21-15)5-6-17-14(19)11-7-10-3-1-2-4-13(10)20-8-11/h1-4,9,11H,5-8H2,(H2,16,18)(H,17,19)/t11-/m1/s1. The Morgan fingerprint density at radius 2 is 2.33 bits per heavy atom. The van der Waals surface area contributed by atoms with Crippen LogP contribution in [0.1, 0.15) is 11.3 Å². The van der Waals surface area contributed by atoms with E-state index in [0.29, 0.717) is 24.7 Å². The molecule has 0 aliphatic carbocycles. The van der Waals surface area contributed by atoms with E-state index in [1.165, 1.54) is 11.3 Å². The van der Waals surface area contributed by atoms with Gasteiger partial charge in [0.25, 0.3) is 0 Å². The summed E-state index contributed by atoms with van der Waals surface area (Å²) in [4.78, 5) is 16.3. The van der Waals surface area contributed by atoms with E-state index < -0.39 is 0 Å². The number of rotatable bonds is 4. The largest absolute Gasteiger partial charge is 0.492 e. The Morgan fingerprint density at radius 1 is 1.48 bits per heavy atom. The summed E-state index contributed by atoms with van der Waals surface area (Å²) in [6.45, 7) is 1.01. The average molecular weight is 303 g/mol. The molecule has 1 amide bonds. The van der Waals surface area contributed by atoms with Crippen LogP contribution in [0.4, 0.5) is 5.13 Å². The van der Waals surface area contributed by atoms with Gasteiger partial charge in [-0.1, -0.05) is 18.2 Å². The number of aromatic nitrogens is 1. The Labute approximate surface area is 127 Å². The van der Waals surface area contributed by atoms with Gasteiger partial charge >= 0.3 is 0 Å². The lowest BCUT2D eigenvalue weighted by Crippen LogP contribution is -2.38. The van der Waals surface area contributed by atoms with Gasteiger partial charge in [0.2, 0.25) is 5.91 Å². The van der Waals surface area contributed by atoms with Crippen LogP contribution in [-0.2, 0) is 17.6 Å². The molecule has 21 heavy (non-hydrogen) atoms. The predicted molar refractivity (Wildman–Crippen MR) is 82.4 cm³/mol. The van der Waals surface area contributed by atoms with E-state index in [0.717, 1.165) is 23.4 Å². The number of fused-ring (bicyclic) bond motifs is 1. The van der Waals surface area contributed by atoms with E-state index in [4.69, 9.17) is 10.5 Å². The summed E-state index contributed by atoms with van der Waals surface area (Å²) in [5.41, 5.74) is 7.59. The van der Waals surface area contributed by atoms with E-state index in [1.807, 2.05) is 29.6 Å². The summed E-state index contributed by atoms with van der Waals surface area (Å²) >= 11 is 1.42. The number of para-hydroxylation sites is 1. The molecule has 110 valence electrons. The molecule has 0 radical (unpaired) electrons. The molecule has 0 spiro atoms. The second-order valence-electron chi connectivity index (χ2n) is 5.04. The third-order valence-corrected chi connectivity index (χ3v) is 4.22. The molecule has 6 heteroatoms. The highest BCUT2D eigenvalue weighted by atomic mass is 32.1. The first kappa shape index (κ1) is 13.9. The molecule has 0 fully saturated rings. The van der Waals surface area contributed by atoms with Crippen molar-refractivity contribution in [3.63, 3.8) is 0 Å². The van der Waals surface area contributed by atoms with Gasteiger partial charge in [-0.15, -0.1) is 11.3 Å². The minimum Gasteiger partial charge on any atom is -0.492 e. The average Bonchev–Trinajstić information content (AvgIpc) is 2.92. The van der Waals surface area contributed by atoms with Crippen molar-refractivity contribution in [1.29, 1.82) is 0 Å². The zero-order chi connectivity index (χ0) is 14.7. The van der Waals surface area contributed by atoms with Gasteiger partial charge in [0.1, 0.15) is 12.4 Å². The van der Waals surface area contributed by atoms with Crippen LogP contribution in [0.25, 0.3) is 0 Å². The van der Waals surface area contributed by atoms with Crippen LogP contribution in [0.5, 0.6) is 5.75 Å². The maximum atomic E-state index is 12.2. The van der Waals surface area contributed by atoms with Gasteiger partial charge in [0, 0.05) is 18.3 Å². The molecule has 2 heterocycles. The topological polar surface area (TPSA) is 77.2 Å². The summed E-state index contributed by atoms with van der Waals surface area (Å²) in [6.07, 6.45) is 1.43. The number of carbonyl (C=O) groups excluding carboxylic acids is 1. The van der Waals surface area contributed by atoms with Gasteiger partial charge in [-0.05, 0) is 18.1 Å². The van der Waals surface area contributed by atoms with Crippen molar-refractivity contribution in [3.8, 4) is 5.75 Å². The van der Waals surface area contributed by atoms with E-state index in [9.17, 15) is 4.79 Å². The van der Waals surface area contributed by atoms with Crippen molar-refractivity contribution in [3.05, 3.63) is 40.9 Å². The van der Waals surface area contributed by atoms with E-state index in [1.54, 1.807) is 0 Å². The number of hydrogen-bond donors (Lipinski definition) is 2. The molecular weight excluding hydrogens is 286 g/mol. The molecule has 5 nitrogen and oxygen atoms in total. The molecule has 1 aromatic carbocycles. The van der Waals surface area contributed by atoms with Crippen molar-refractivity contribution < 1.29 is 9.53 Å². The van der Waals surface area contributed by atoms with E-state index in [-0.39, 0.29) is 11.8 Å². The number of amides is 1. The third kappa shape index (κ3) is 3.33. The molecule has 1 atom stereocenters. The summed E-state index contributed by atoms with van der Waals surface area (Å²) in [6, 6.07) is 7.86. The maximum absolute atomic E-state index is 12.2. The van der Waals surface area contributed by atoms with Gasteiger partial charge in [-0.3, -0.25) is 4.79 Å². The lowest BCUT2D eigenvalue weighted by Gasteiger charge is -2.24. The lowest BCUT2D eigenvalue weighted by molar-refractivity contribution is -0.126. The highest BCUT2D eigenvalue weighted by molar-refractivity contribution is 7.13. The maximum Gasteiger partial charge on any atom is 0.226 e. The van der Waals surface area contributed by atoms with E-state index in [2.05, 4.69) is 10.3 Å². The van der Waals surface area contributed by atoms with Gasteiger partial charge in [-0.25, -0.2) is 4.98 Å². The number of hydrogen-bond acceptors (Lipinski definition) is 5. The Hall–Kier alpha value is -2.08. The summed E-state index contributed by atoms with van der Waals surface area (Å²) in [7, 11) is 0. The quantitative estimate of drug-likeness (QED) is 0.900. The van der Waals surface area contributed by atoms with Crippen LogP contribution < -0.4 is 15.8 Å². The van der Waals surface area contributed by atoms with E-state index >= 15 is 0 Å². The van der Waals surface area contributed by atoms with Crippen molar-refractivity contribution in [2.24, 2.45) is 5.92 Å². The van der Waals surface area contributed by atoms with Crippen molar-refractivity contribution in [1.82, 2.24) is 10.3 Å². The normalized spacial score (nSPS) is 16.9. The smallest absolute Gasteiger partial charge is 0.226 e. The Morgan fingerprint density at radius 3 is 3.14 bits per heavy atom. The van der Waals surface area contributed by atoms with Gasteiger partial charge in [0.05, 0.1) is 11.6 Å². The number of ether oxygens (including phenoxy) is 1. The number of anilines is 1. The molecule has 3 rings (SSSR count). The molecular formula is C15H17N3O2S. The van der Waals surface area contributed by atoms with Gasteiger partial charge < -0.3 is 15.8 Å². The number of nitrogen functional groups attached to an aromatic ring is 1. The highest BCUT2D eigenvalue weighted by Crippen LogP contribution is 2.26. The fourth-order valence-corrected chi connectivity index (χ4v) is 2.99. The van der Waals surface area contributed by atoms with Crippen LogP contribution in [0.2, 0.25) is 0 Å². The first-order chi connectivity index (χ1) is 10.2. The predicted octanol–water partition coefficient (Wildman–Crippen LogP) is 1.64. The molecule has 1 aliphatic rings. The molecule has 0 unspecified atom stereocenters. The van der Waals surface area contributed by atoms with Crippen LogP contribution in [0.15, 0.2) is 29.6 Å². The third-order valence-electron chi connectivity index (χ3n) is 3.50. The number of nitrogens with two attached hydrogens (primary N) is 1. The summed E-state index contributed by atoms with van der Waals surface area (Å²) < 4.78 is 5.64. The number of nitrogens with one attached hydrogen (secondary N) is 1. The summed E-state index contributed by atoms with van der Waals surface area (Å²) in [5, 5.41) is 5.43. The first-order valence-electron chi connectivity index (χ1n) is 6.90. The second kappa shape index (κ2) is 6.13. The fourth-order valence-electron chi connectivity index (χ4n) is 2.39. The number of nitrogens with zero attached hydrogens (tertiary/aromatic N) is 1. The molecule has 0 saturated heterocycles. The number of thiazole rings is 1. The van der Waals surface area contributed by atoms with Crippen molar-refractivity contribution in [2.45, 2.75) is 12.8 Å². The van der Waals surface area contributed by atoms with Gasteiger partial charge in [-0.2, -0.15) is 0 Å². The van der Waals surface area contributed by atoms with Gasteiger partial charge in [0.15, 0.2) is 5.13 Å². The zero-order valence-corrected chi connectivity index (χ0v) is 12.4. The van der Waals surface area contributed by atoms with Crippen LogP contribution in [-0.4, -0.2) is 24.0 Å². The molecule has 3 N–H and O–H groups in total. The second-order valence-corrected chi connectivity index (χ2v) is 5.93. The highest BCUT2D eigenvalue weighted by Gasteiger charge is 2.25.